The van der Waals surface area contributed by atoms with Crippen molar-refractivity contribution in [2.45, 2.75) is 39.8 Å². The SMILES string of the molecule is C=CC(=O)N1CCN(c2c(C#N)c(=O)n(C3C(C(C)C)=NC=CC3C)c3nc(-c4c(N)c(F)c(Cl)c(Cl)c4Cl)c(Cl)cc23)C[C@H]1C. The third kappa shape index (κ3) is 5.43. The lowest BCUT2D eigenvalue weighted by Crippen LogP contribution is -2.54. The van der Waals surface area contributed by atoms with Gasteiger partial charge in [0.2, 0.25) is 5.91 Å². The van der Waals surface area contributed by atoms with Crippen LogP contribution in [0.4, 0.5) is 15.8 Å². The molecular formula is C32H30Cl4FN7O2. The minimum Gasteiger partial charge on any atom is -0.396 e. The van der Waals surface area contributed by atoms with Crippen LogP contribution in [0.1, 0.15) is 39.3 Å². The lowest BCUT2D eigenvalue weighted by molar-refractivity contribution is -0.128. The van der Waals surface area contributed by atoms with Crippen LogP contribution in [0, 0.1) is 29.0 Å². The van der Waals surface area contributed by atoms with Crippen molar-refractivity contribution in [3.63, 3.8) is 0 Å². The Labute approximate surface area is 285 Å². The smallest absolute Gasteiger partial charge is 0.272 e. The van der Waals surface area contributed by atoms with Crippen LogP contribution in [0.5, 0.6) is 0 Å². The van der Waals surface area contributed by atoms with Gasteiger partial charge in [-0.2, -0.15) is 5.26 Å². The molecule has 0 aliphatic carbocycles. The number of benzene rings is 1. The fourth-order valence-electron chi connectivity index (χ4n) is 6.21. The van der Waals surface area contributed by atoms with Crippen molar-refractivity contribution in [3.8, 4) is 17.3 Å². The molecule has 2 unspecified atom stereocenters. The molecule has 3 aromatic rings. The van der Waals surface area contributed by atoms with E-state index in [1.165, 1.54) is 10.6 Å². The first kappa shape index (κ1) is 33.7. The Morgan fingerprint density at radius 3 is 2.50 bits per heavy atom. The van der Waals surface area contributed by atoms with Crippen molar-refractivity contribution >= 4 is 80.4 Å². The van der Waals surface area contributed by atoms with E-state index in [0.717, 1.165) is 0 Å². The van der Waals surface area contributed by atoms with E-state index >= 15 is 4.39 Å². The summed E-state index contributed by atoms with van der Waals surface area (Å²) in [6.45, 7) is 12.3. The number of pyridine rings is 2. The quantitative estimate of drug-likeness (QED) is 0.129. The Morgan fingerprint density at radius 1 is 1.20 bits per heavy atom. The van der Waals surface area contributed by atoms with Crippen molar-refractivity contribution in [1.82, 2.24) is 14.5 Å². The van der Waals surface area contributed by atoms with Gasteiger partial charge in [0.25, 0.3) is 5.56 Å². The number of rotatable bonds is 5. The molecule has 0 bridgehead atoms. The van der Waals surface area contributed by atoms with E-state index in [1.54, 1.807) is 17.2 Å². The summed E-state index contributed by atoms with van der Waals surface area (Å²) in [5.74, 6) is -1.51. The molecule has 1 aromatic carbocycles. The third-order valence-electron chi connectivity index (χ3n) is 8.45. The zero-order valence-electron chi connectivity index (χ0n) is 25.4. The molecule has 14 heteroatoms. The highest BCUT2D eigenvalue weighted by molar-refractivity contribution is 6.50. The molecule has 2 aliphatic heterocycles. The molecule has 4 heterocycles. The lowest BCUT2D eigenvalue weighted by Gasteiger charge is -2.41. The van der Waals surface area contributed by atoms with E-state index in [4.69, 9.17) is 57.1 Å². The third-order valence-corrected chi connectivity index (χ3v) is 10.0. The van der Waals surface area contributed by atoms with E-state index in [-0.39, 0.29) is 61.3 Å². The number of aromatic nitrogens is 2. The van der Waals surface area contributed by atoms with Crippen molar-refractivity contribution in [3.05, 3.63) is 72.8 Å². The van der Waals surface area contributed by atoms with E-state index in [0.29, 0.717) is 36.4 Å². The molecule has 2 N–H and O–H groups in total. The summed E-state index contributed by atoms with van der Waals surface area (Å²) in [5.41, 5.74) is 6.08. The number of piperazine rings is 1. The summed E-state index contributed by atoms with van der Waals surface area (Å²) in [6, 6.07) is 2.80. The zero-order chi connectivity index (χ0) is 33.8. The van der Waals surface area contributed by atoms with Crippen molar-refractivity contribution in [2.24, 2.45) is 16.8 Å². The second-order valence-corrected chi connectivity index (χ2v) is 13.2. The highest BCUT2D eigenvalue weighted by Gasteiger charge is 2.36. The minimum absolute atomic E-state index is 0.0112. The first-order chi connectivity index (χ1) is 21.7. The van der Waals surface area contributed by atoms with Gasteiger partial charge in [-0.1, -0.05) is 79.8 Å². The number of carbonyl (C=O) groups is 1. The Balaban J connectivity index is 1.89. The van der Waals surface area contributed by atoms with Gasteiger partial charge in [0.05, 0.1) is 43.2 Å². The van der Waals surface area contributed by atoms with Crippen LogP contribution in [0.3, 0.4) is 0 Å². The standard InChI is InChI=1S/C32H30Cl4FN7O2/c1-6-20(45)43-10-9-42(13-16(43)5)30-17-11-19(33)28(21-22(34)23(35)24(36)25(37)26(21)39)41-31(17)44(32(46)18(30)12-38)29-15(4)7-8-40-27(29)14(2)3/h6-8,11,14-16,29H,1,9-10,13,39H2,2-5H3/t15?,16-,29?/m1/s1. The minimum atomic E-state index is -0.997. The molecule has 2 aromatic heterocycles. The maximum absolute atomic E-state index is 15.1. The number of carbonyl (C=O) groups excluding carboxylic acids is 1. The number of anilines is 2. The fraction of sp³-hybridized carbons (Fsp3) is 0.344. The first-order valence-electron chi connectivity index (χ1n) is 14.5. The molecule has 3 atom stereocenters. The number of nitrogen functional groups attached to an aromatic ring is 1. The van der Waals surface area contributed by atoms with Crippen LogP contribution in [-0.2, 0) is 4.79 Å². The van der Waals surface area contributed by atoms with Crippen molar-refractivity contribution in [2.75, 3.05) is 30.3 Å². The van der Waals surface area contributed by atoms with Gasteiger partial charge >= 0.3 is 0 Å². The summed E-state index contributed by atoms with van der Waals surface area (Å²) in [4.78, 5) is 40.0. The molecule has 1 saturated heterocycles. The van der Waals surface area contributed by atoms with E-state index in [1.807, 2.05) is 38.7 Å². The number of allylic oxidation sites excluding steroid dienone is 1. The Hall–Kier alpha value is -3.62. The van der Waals surface area contributed by atoms with Gasteiger partial charge in [-0.15, -0.1) is 0 Å². The van der Waals surface area contributed by atoms with Crippen molar-refractivity contribution in [1.29, 1.82) is 5.26 Å². The molecule has 1 amide bonds. The largest absolute Gasteiger partial charge is 0.396 e. The summed E-state index contributed by atoms with van der Waals surface area (Å²) < 4.78 is 16.6. The molecule has 0 saturated carbocycles. The van der Waals surface area contributed by atoms with Crippen LogP contribution in [-0.4, -0.2) is 51.7 Å². The Kier molecular flexibility index (Phi) is 9.45. The fourth-order valence-corrected chi connectivity index (χ4v) is 7.17. The monoisotopic (exact) mass is 703 g/mol. The number of nitriles is 1. The number of hydrogen-bond acceptors (Lipinski definition) is 7. The van der Waals surface area contributed by atoms with Crippen molar-refractivity contribution < 1.29 is 9.18 Å². The average Bonchev–Trinajstić information content (AvgIpc) is 3.02. The van der Waals surface area contributed by atoms with Gasteiger partial charge in [-0.05, 0) is 25.0 Å². The van der Waals surface area contributed by atoms with Gasteiger partial charge in [0.1, 0.15) is 17.3 Å². The molecule has 5 rings (SSSR count). The number of halogens is 5. The Morgan fingerprint density at radius 2 is 1.89 bits per heavy atom. The number of aliphatic imine (C=N–C) groups is 1. The normalized spacial score (nSPS) is 19.8. The van der Waals surface area contributed by atoms with Crippen LogP contribution in [0.25, 0.3) is 22.3 Å². The van der Waals surface area contributed by atoms with Gasteiger partial charge in [-0.3, -0.25) is 19.1 Å². The second kappa shape index (κ2) is 12.9. The van der Waals surface area contributed by atoms with Crippen LogP contribution in [0.2, 0.25) is 20.1 Å². The lowest BCUT2D eigenvalue weighted by atomic mass is 9.88. The molecule has 0 radical (unpaired) electrons. The predicted octanol–water partition coefficient (Wildman–Crippen LogP) is 7.29. The average molecular weight is 705 g/mol. The Bertz CT molecular complexity index is 1940. The summed E-state index contributed by atoms with van der Waals surface area (Å²) in [5, 5.41) is 9.99. The topological polar surface area (TPSA) is 121 Å². The van der Waals surface area contributed by atoms with Gasteiger partial charge in [-0.25, -0.2) is 9.37 Å². The maximum atomic E-state index is 15.1. The second-order valence-electron chi connectivity index (χ2n) is 11.6. The van der Waals surface area contributed by atoms with Crippen LogP contribution in [0.15, 0.2) is 40.8 Å². The predicted molar refractivity (Wildman–Crippen MR) is 184 cm³/mol. The van der Waals surface area contributed by atoms with Crippen LogP contribution >= 0.6 is 46.4 Å². The van der Waals surface area contributed by atoms with Gasteiger partial charge in [0.15, 0.2) is 5.82 Å². The molecule has 1 fully saturated rings. The zero-order valence-corrected chi connectivity index (χ0v) is 28.4. The first-order valence-corrected chi connectivity index (χ1v) is 16.0. The highest BCUT2D eigenvalue weighted by atomic mass is 35.5. The maximum Gasteiger partial charge on any atom is 0.272 e. The number of nitrogens with zero attached hydrogens (tertiary/aromatic N) is 6. The van der Waals surface area contributed by atoms with Gasteiger partial charge < -0.3 is 15.5 Å². The highest BCUT2D eigenvalue weighted by Crippen LogP contribution is 2.47. The molecule has 9 nitrogen and oxygen atoms in total. The number of amides is 1. The molecule has 2 aliphatic rings. The van der Waals surface area contributed by atoms with E-state index < -0.39 is 28.1 Å². The molecule has 240 valence electrons. The molecule has 0 spiro atoms. The summed E-state index contributed by atoms with van der Waals surface area (Å²) in [6.07, 6.45) is 4.82. The summed E-state index contributed by atoms with van der Waals surface area (Å²) in [7, 11) is 0. The van der Waals surface area contributed by atoms with Crippen LogP contribution < -0.4 is 16.2 Å². The summed E-state index contributed by atoms with van der Waals surface area (Å²) >= 11 is 25.7. The number of nitrogens with two attached hydrogens (primary N) is 1. The molecule has 46 heavy (non-hydrogen) atoms. The number of fused-ring (bicyclic) bond motifs is 1. The molecular weight excluding hydrogens is 675 g/mol. The van der Waals surface area contributed by atoms with E-state index in [9.17, 15) is 14.9 Å². The van der Waals surface area contributed by atoms with Gasteiger partial charge in [0, 0.05) is 54.5 Å². The van der Waals surface area contributed by atoms with E-state index in [2.05, 4.69) is 17.6 Å². The number of hydrogen-bond donors (Lipinski definition) is 1.